The van der Waals surface area contributed by atoms with Crippen molar-refractivity contribution in [1.82, 2.24) is 0 Å². The number of ether oxygens (including phenoxy) is 2. The average Bonchev–Trinajstić information content (AvgIpc) is 2.32. The molecule has 0 fully saturated rings. The normalized spacial score (nSPS) is 12.7. The maximum absolute atomic E-state index is 10.0. The molecule has 0 aliphatic carbocycles. The van der Waals surface area contributed by atoms with E-state index in [1.165, 1.54) is 0 Å². The zero-order valence-electron chi connectivity index (χ0n) is 10.9. The Labute approximate surface area is 103 Å². The van der Waals surface area contributed by atoms with Gasteiger partial charge in [-0.25, -0.2) is 0 Å². The summed E-state index contributed by atoms with van der Waals surface area (Å²) in [5.74, 6) is 0. The Morgan fingerprint density at radius 1 is 1.18 bits per heavy atom. The van der Waals surface area contributed by atoms with Crippen molar-refractivity contribution in [3.63, 3.8) is 0 Å². The molecule has 0 bridgehead atoms. The third-order valence-corrected chi connectivity index (χ3v) is 2.65. The maximum Gasteiger partial charge on any atom is 0.103 e. The van der Waals surface area contributed by atoms with E-state index in [4.69, 9.17) is 9.47 Å². The number of hydrogen-bond donors (Lipinski definition) is 1. The van der Waals surface area contributed by atoms with Crippen LogP contribution in [0.4, 0.5) is 0 Å². The smallest absolute Gasteiger partial charge is 0.103 e. The van der Waals surface area contributed by atoms with Crippen LogP contribution in [0.15, 0.2) is 18.2 Å². The third kappa shape index (κ3) is 4.86. The van der Waals surface area contributed by atoms with Crippen LogP contribution in [0, 0.1) is 13.8 Å². The molecule has 0 heterocycles. The van der Waals surface area contributed by atoms with Crippen molar-refractivity contribution >= 4 is 0 Å². The Morgan fingerprint density at radius 2 is 1.88 bits per heavy atom. The van der Waals surface area contributed by atoms with Gasteiger partial charge >= 0.3 is 0 Å². The summed E-state index contributed by atoms with van der Waals surface area (Å²) in [6.07, 6.45) is -0.559. The van der Waals surface area contributed by atoms with Crippen LogP contribution < -0.4 is 0 Å². The number of rotatable bonds is 7. The van der Waals surface area contributed by atoms with Crippen LogP contribution in [0.25, 0.3) is 0 Å². The molecule has 0 saturated carbocycles. The molecule has 96 valence electrons. The molecule has 1 aromatic rings. The number of hydrogen-bond acceptors (Lipinski definition) is 3. The van der Waals surface area contributed by atoms with E-state index in [1.807, 2.05) is 39.0 Å². The Kier molecular flexibility index (Phi) is 6.19. The van der Waals surface area contributed by atoms with Crippen molar-refractivity contribution in [1.29, 1.82) is 0 Å². The molecule has 1 unspecified atom stereocenters. The first-order valence-electron chi connectivity index (χ1n) is 6.05. The van der Waals surface area contributed by atoms with E-state index in [2.05, 4.69) is 0 Å². The first-order valence-corrected chi connectivity index (χ1v) is 6.05. The molecule has 0 aromatic heterocycles. The quantitative estimate of drug-likeness (QED) is 0.741. The summed E-state index contributed by atoms with van der Waals surface area (Å²) in [6, 6.07) is 6.07. The summed E-state index contributed by atoms with van der Waals surface area (Å²) in [6.45, 7) is 8.08. The van der Waals surface area contributed by atoms with Gasteiger partial charge in [0.05, 0.1) is 19.8 Å². The van der Waals surface area contributed by atoms with Gasteiger partial charge in [-0.1, -0.05) is 23.8 Å². The zero-order chi connectivity index (χ0) is 12.7. The highest BCUT2D eigenvalue weighted by molar-refractivity contribution is 5.32. The summed E-state index contributed by atoms with van der Waals surface area (Å²) < 4.78 is 10.5. The molecule has 3 nitrogen and oxygen atoms in total. The Hall–Kier alpha value is -0.900. The molecule has 0 amide bonds. The first-order chi connectivity index (χ1) is 8.15. The largest absolute Gasteiger partial charge is 0.386 e. The fraction of sp³-hybridized carbons (Fsp3) is 0.571. The average molecular weight is 238 g/mol. The van der Waals surface area contributed by atoms with Gasteiger partial charge in [-0.3, -0.25) is 0 Å². The Balaban J connectivity index is 2.41. The van der Waals surface area contributed by atoms with Gasteiger partial charge in [0.25, 0.3) is 0 Å². The van der Waals surface area contributed by atoms with E-state index in [1.54, 1.807) is 0 Å². The lowest BCUT2D eigenvalue weighted by molar-refractivity contribution is 0.00511. The predicted molar refractivity (Wildman–Crippen MR) is 68.2 cm³/mol. The van der Waals surface area contributed by atoms with Gasteiger partial charge in [-0.2, -0.15) is 0 Å². The molecule has 0 spiro atoms. The van der Waals surface area contributed by atoms with Gasteiger partial charge in [-0.15, -0.1) is 0 Å². The maximum atomic E-state index is 10.0. The highest BCUT2D eigenvalue weighted by Crippen LogP contribution is 2.19. The zero-order valence-corrected chi connectivity index (χ0v) is 10.9. The Morgan fingerprint density at radius 3 is 2.59 bits per heavy atom. The standard InChI is InChI=1S/C14H22O3/c1-4-16-7-8-17-10-14(15)13-9-11(2)5-6-12(13)3/h5-6,9,14-15H,4,7-8,10H2,1-3H3. The van der Waals surface area contributed by atoms with E-state index < -0.39 is 6.10 Å². The summed E-state index contributed by atoms with van der Waals surface area (Å²) in [5, 5.41) is 10.0. The molecule has 1 rings (SSSR count). The summed E-state index contributed by atoms with van der Waals surface area (Å²) in [4.78, 5) is 0. The van der Waals surface area contributed by atoms with E-state index in [0.717, 1.165) is 16.7 Å². The lowest BCUT2D eigenvalue weighted by atomic mass is 10.0. The second-order valence-corrected chi connectivity index (χ2v) is 4.15. The molecule has 0 radical (unpaired) electrons. The monoisotopic (exact) mass is 238 g/mol. The van der Waals surface area contributed by atoms with Gasteiger partial charge in [0, 0.05) is 6.61 Å². The molecule has 0 saturated heterocycles. The first kappa shape index (κ1) is 14.2. The molecule has 0 aliphatic heterocycles. The van der Waals surface area contributed by atoms with Crippen molar-refractivity contribution < 1.29 is 14.6 Å². The van der Waals surface area contributed by atoms with Crippen LogP contribution in [0.5, 0.6) is 0 Å². The lowest BCUT2D eigenvalue weighted by Gasteiger charge is -2.14. The van der Waals surface area contributed by atoms with Gasteiger partial charge in [0.1, 0.15) is 6.10 Å². The lowest BCUT2D eigenvalue weighted by Crippen LogP contribution is -2.12. The summed E-state index contributed by atoms with van der Waals surface area (Å²) in [7, 11) is 0. The van der Waals surface area contributed by atoms with Crippen LogP contribution in [0.3, 0.4) is 0 Å². The Bertz CT molecular complexity index is 336. The fourth-order valence-electron chi connectivity index (χ4n) is 1.67. The van der Waals surface area contributed by atoms with Crippen molar-refractivity contribution in [2.75, 3.05) is 26.4 Å². The molecule has 17 heavy (non-hydrogen) atoms. The van der Waals surface area contributed by atoms with Crippen molar-refractivity contribution in [3.8, 4) is 0 Å². The van der Waals surface area contributed by atoms with Crippen molar-refractivity contribution in [3.05, 3.63) is 34.9 Å². The molecule has 1 aromatic carbocycles. The molecule has 1 N–H and O–H groups in total. The second kappa shape index (κ2) is 7.43. The highest BCUT2D eigenvalue weighted by Gasteiger charge is 2.10. The minimum absolute atomic E-state index is 0.317. The number of aryl methyl sites for hydroxylation is 2. The number of aliphatic hydroxyl groups excluding tert-OH is 1. The van der Waals surface area contributed by atoms with Crippen LogP contribution in [0.2, 0.25) is 0 Å². The minimum atomic E-state index is -0.559. The number of aliphatic hydroxyl groups is 1. The van der Waals surface area contributed by atoms with E-state index in [-0.39, 0.29) is 0 Å². The second-order valence-electron chi connectivity index (χ2n) is 4.15. The van der Waals surface area contributed by atoms with Gasteiger partial charge in [0.15, 0.2) is 0 Å². The van der Waals surface area contributed by atoms with Crippen molar-refractivity contribution in [2.24, 2.45) is 0 Å². The van der Waals surface area contributed by atoms with E-state index >= 15 is 0 Å². The predicted octanol–water partition coefficient (Wildman–Crippen LogP) is 2.39. The van der Waals surface area contributed by atoms with Crippen molar-refractivity contribution in [2.45, 2.75) is 26.9 Å². The SMILES string of the molecule is CCOCCOCC(O)c1cc(C)ccc1C. The highest BCUT2D eigenvalue weighted by atomic mass is 16.5. The number of benzene rings is 1. The van der Waals surface area contributed by atoms with Crippen LogP contribution in [-0.4, -0.2) is 31.5 Å². The molecule has 0 aliphatic rings. The summed E-state index contributed by atoms with van der Waals surface area (Å²) >= 11 is 0. The van der Waals surface area contributed by atoms with Gasteiger partial charge in [0.2, 0.25) is 0 Å². The minimum Gasteiger partial charge on any atom is -0.386 e. The van der Waals surface area contributed by atoms with E-state index in [0.29, 0.717) is 26.4 Å². The molecule has 3 heteroatoms. The van der Waals surface area contributed by atoms with Gasteiger partial charge in [-0.05, 0) is 31.9 Å². The third-order valence-electron chi connectivity index (χ3n) is 2.65. The van der Waals surface area contributed by atoms with Crippen LogP contribution >= 0.6 is 0 Å². The van der Waals surface area contributed by atoms with Crippen LogP contribution in [0.1, 0.15) is 29.7 Å². The molecule has 1 atom stereocenters. The topological polar surface area (TPSA) is 38.7 Å². The van der Waals surface area contributed by atoms with Gasteiger partial charge < -0.3 is 14.6 Å². The van der Waals surface area contributed by atoms with Crippen LogP contribution in [-0.2, 0) is 9.47 Å². The fourth-order valence-corrected chi connectivity index (χ4v) is 1.67. The molecular formula is C14H22O3. The summed E-state index contributed by atoms with van der Waals surface area (Å²) in [5.41, 5.74) is 3.19. The molecular weight excluding hydrogens is 216 g/mol. The van der Waals surface area contributed by atoms with E-state index in [9.17, 15) is 5.11 Å².